The smallest absolute Gasteiger partial charge is 0.387 e. The number of alkyl halides is 2. The monoisotopic (exact) mass is 466 g/mol. The molecule has 0 amide bonds. The summed E-state index contributed by atoms with van der Waals surface area (Å²) in [5, 5.41) is 29.9. The van der Waals surface area contributed by atoms with Crippen LogP contribution in [-0.2, 0) is 9.53 Å². The lowest BCUT2D eigenvalue weighted by Gasteiger charge is -2.16. The highest BCUT2D eigenvalue weighted by molar-refractivity contribution is 6.33. The molecule has 0 atom stereocenters. The maximum atomic E-state index is 12.9. The number of aliphatic carboxylic acids is 1. The van der Waals surface area contributed by atoms with Gasteiger partial charge in [0.25, 0.3) is 0 Å². The maximum Gasteiger partial charge on any atom is 0.387 e. The minimum atomic E-state index is -3.52. The Labute approximate surface area is 184 Å². The number of carboxylic acids is 1. The number of carboxylic acid groups (broad SMARTS) is 1. The van der Waals surface area contributed by atoms with Crippen molar-refractivity contribution in [2.75, 3.05) is 0 Å². The van der Waals surface area contributed by atoms with E-state index in [4.69, 9.17) is 16.3 Å². The molecule has 0 saturated carbocycles. The van der Waals surface area contributed by atoms with Crippen LogP contribution in [0.25, 0.3) is 5.76 Å². The van der Waals surface area contributed by atoms with Gasteiger partial charge in [-0.15, -0.1) is 0 Å². The first-order chi connectivity index (χ1) is 15.0. The molecule has 0 fully saturated rings. The summed E-state index contributed by atoms with van der Waals surface area (Å²) >= 11 is 5.89. The molecule has 0 aliphatic rings. The first-order valence-corrected chi connectivity index (χ1v) is 8.95. The van der Waals surface area contributed by atoms with Crippen LogP contribution in [0.3, 0.4) is 0 Å². The van der Waals surface area contributed by atoms with Crippen LogP contribution in [0.1, 0.15) is 27.0 Å². The van der Waals surface area contributed by atoms with Crippen LogP contribution in [0, 0.1) is 35.3 Å². The molecule has 0 aliphatic carbocycles. The summed E-state index contributed by atoms with van der Waals surface area (Å²) in [6.45, 7) is -0.703. The van der Waals surface area contributed by atoms with Crippen molar-refractivity contribution in [1.82, 2.24) is 0 Å². The number of carbonyl (C=O) groups is 2. The van der Waals surface area contributed by atoms with Crippen LogP contribution in [0.15, 0.2) is 35.9 Å². The minimum absolute atomic E-state index is 0.0231. The average Bonchev–Trinajstić information content (AvgIpc) is 2.70. The minimum Gasteiger partial charge on any atom is -0.477 e. The molecule has 0 radical (unpaired) electrons. The Morgan fingerprint density at radius 1 is 1.22 bits per heavy atom. The summed E-state index contributed by atoms with van der Waals surface area (Å²) < 4.78 is 35.1. The number of nitro benzene ring substituents is 1. The van der Waals surface area contributed by atoms with Crippen molar-refractivity contribution in [3.8, 4) is 11.8 Å². The number of nitriles is 1. The van der Waals surface area contributed by atoms with Gasteiger partial charge in [0.05, 0.1) is 15.5 Å². The second kappa shape index (κ2) is 9.84. The van der Waals surface area contributed by atoms with Gasteiger partial charge in [-0.05, 0) is 37.1 Å². The Hall–Kier alpha value is -4.04. The molecular weight excluding hydrogens is 454 g/mol. The van der Waals surface area contributed by atoms with Crippen LogP contribution in [0.2, 0.25) is 5.02 Å². The number of benzene rings is 2. The first-order valence-electron chi connectivity index (χ1n) is 8.57. The Balaban J connectivity index is 2.87. The molecule has 2 aromatic carbocycles. The van der Waals surface area contributed by atoms with Crippen molar-refractivity contribution in [2.24, 2.45) is 0 Å². The zero-order chi connectivity index (χ0) is 24.2. The van der Waals surface area contributed by atoms with Crippen LogP contribution in [0.5, 0.6) is 5.75 Å². The number of hydrogen-bond donors (Lipinski definition) is 1. The fourth-order valence-corrected chi connectivity index (χ4v) is 2.88. The van der Waals surface area contributed by atoms with Gasteiger partial charge in [-0.2, -0.15) is 14.0 Å². The predicted molar refractivity (Wildman–Crippen MR) is 106 cm³/mol. The predicted octanol–water partition coefficient (Wildman–Crippen LogP) is 4.64. The molecule has 12 heteroatoms. The number of nitro groups is 1. The van der Waals surface area contributed by atoms with Gasteiger partial charge in [0.1, 0.15) is 11.6 Å². The summed E-state index contributed by atoms with van der Waals surface area (Å²) in [7, 11) is 0. The number of ether oxygens (including phenoxy) is 2. The number of rotatable bonds is 7. The van der Waals surface area contributed by atoms with E-state index in [9.17, 15) is 38.9 Å². The fraction of sp³-hybridized carbons (Fsp3) is 0.150. The van der Waals surface area contributed by atoms with Gasteiger partial charge in [0, 0.05) is 0 Å². The van der Waals surface area contributed by atoms with Gasteiger partial charge in [-0.3, -0.25) is 10.1 Å². The van der Waals surface area contributed by atoms with Crippen molar-refractivity contribution < 1.29 is 37.9 Å². The zero-order valence-corrected chi connectivity index (χ0v) is 17.1. The van der Waals surface area contributed by atoms with E-state index in [2.05, 4.69) is 4.74 Å². The molecular formula is C20H13ClF2N2O7. The Kier molecular flexibility index (Phi) is 7.45. The van der Waals surface area contributed by atoms with Crippen LogP contribution in [-0.4, -0.2) is 28.6 Å². The third-order valence-electron chi connectivity index (χ3n) is 4.12. The lowest BCUT2D eigenvalue weighted by atomic mass is 10.0. The van der Waals surface area contributed by atoms with E-state index >= 15 is 0 Å². The van der Waals surface area contributed by atoms with Gasteiger partial charge in [0.2, 0.25) is 5.75 Å². The number of halogens is 3. The van der Waals surface area contributed by atoms with Crippen molar-refractivity contribution in [3.05, 3.63) is 73.3 Å². The van der Waals surface area contributed by atoms with E-state index in [1.165, 1.54) is 25.1 Å². The quantitative estimate of drug-likeness (QED) is 0.155. The number of esters is 1. The molecule has 2 rings (SSSR count). The van der Waals surface area contributed by atoms with Gasteiger partial charge >= 0.3 is 24.2 Å². The Bertz CT molecular complexity index is 1190. The largest absolute Gasteiger partial charge is 0.477 e. The van der Waals surface area contributed by atoms with Gasteiger partial charge in [-0.1, -0.05) is 29.8 Å². The molecule has 0 aromatic heterocycles. The van der Waals surface area contributed by atoms with Crippen LogP contribution in [0.4, 0.5) is 14.5 Å². The fourth-order valence-electron chi connectivity index (χ4n) is 2.69. The molecule has 32 heavy (non-hydrogen) atoms. The van der Waals surface area contributed by atoms with E-state index in [1.54, 1.807) is 19.1 Å². The molecule has 2 aromatic rings. The van der Waals surface area contributed by atoms with E-state index in [0.29, 0.717) is 5.56 Å². The molecule has 166 valence electrons. The summed E-state index contributed by atoms with van der Waals surface area (Å²) in [5.74, 6) is -5.11. The molecule has 9 nitrogen and oxygen atoms in total. The van der Waals surface area contributed by atoms with Crippen molar-refractivity contribution in [2.45, 2.75) is 20.5 Å². The standard InChI is InChI=1S/C20H13ClF2N2O7/c1-9-5-3-4-6-11(9)19(28)31-16(13(8-24)18(26)27)12-7-10(2)14(21)17(32-20(22)23)15(12)25(29)30/h3-7,20H,1-2H3,(H,26,27). The third kappa shape index (κ3) is 4.98. The maximum absolute atomic E-state index is 12.9. The molecule has 0 unspecified atom stereocenters. The lowest BCUT2D eigenvalue weighted by molar-refractivity contribution is -0.386. The molecule has 0 saturated heterocycles. The molecule has 1 N–H and O–H groups in total. The summed E-state index contributed by atoms with van der Waals surface area (Å²) in [6, 6.07) is 8.21. The number of hydrogen-bond acceptors (Lipinski definition) is 7. The first kappa shape index (κ1) is 24.2. The summed E-state index contributed by atoms with van der Waals surface area (Å²) in [4.78, 5) is 34.8. The van der Waals surface area contributed by atoms with Gasteiger partial charge < -0.3 is 14.6 Å². The summed E-state index contributed by atoms with van der Waals surface area (Å²) in [6.07, 6.45) is 0. The van der Waals surface area contributed by atoms with Gasteiger partial charge in [-0.25, -0.2) is 9.59 Å². The van der Waals surface area contributed by atoms with Crippen molar-refractivity contribution in [1.29, 1.82) is 5.26 Å². The summed E-state index contributed by atoms with van der Waals surface area (Å²) in [5.41, 5.74) is -2.79. The van der Waals surface area contributed by atoms with Crippen LogP contribution >= 0.6 is 11.6 Å². The van der Waals surface area contributed by atoms with Gasteiger partial charge in [0.15, 0.2) is 11.3 Å². The lowest BCUT2D eigenvalue weighted by Crippen LogP contribution is -2.14. The number of carbonyl (C=O) groups excluding carboxylic acids is 1. The van der Waals surface area contributed by atoms with E-state index in [-0.39, 0.29) is 11.1 Å². The SMILES string of the molecule is Cc1ccccc1C(=O)OC(=C(C#N)C(=O)O)c1cc(C)c(Cl)c(OC(F)F)c1[N+](=O)[O-]. The molecule has 0 bridgehead atoms. The van der Waals surface area contributed by atoms with E-state index < -0.39 is 56.8 Å². The highest BCUT2D eigenvalue weighted by atomic mass is 35.5. The zero-order valence-electron chi connectivity index (χ0n) is 16.4. The van der Waals surface area contributed by atoms with E-state index in [0.717, 1.165) is 6.07 Å². The second-order valence-electron chi connectivity index (χ2n) is 6.19. The van der Waals surface area contributed by atoms with Crippen molar-refractivity contribution >= 4 is 35.0 Å². The molecule has 0 aliphatic heterocycles. The molecule has 0 heterocycles. The van der Waals surface area contributed by atoms with Crippen LogP contribution < -0.4 is 4.74 Å². The van der Waals surface area contributed by atoms with E-state index in [1.807, 2.05) is 0 Å². The van der Waals surface area contributed by atoms with Crippen molar-refractivity contribution in [3.63, 3.8) is 0 Å². The Morgan fingerprint density at radius 2 is 1.84 bits per heavy atom. The Morgan fingerprint density at radius 3 is 2.34 bits per heavy atom. The second-order valence-corrected chi connectivity index (χ2v) is 6.57. The number of aryl methyl sites for hydroxylation is 2. The number of nitrogens with zero attached hydrogens (tertiary/aromatic N) is 2. The highest BCUT2D eigenvalue weighted by Gasteiger charge is 2.34. The average molecular weight is 467 g/mol. The topological polar surface area (TPSA) is 140 Å². The third-order valence-corrected chi connectivity index (χ3v) is 4.59. The highest BCUT2D eigenvalue weighted by Crippen LogP contribution is 2.44. The normalized spacial score (nSPS) is 11.4. The molecule has 0 spiro atoms.